The third-order valence-corrected chi connectivity index (χ3v) is 4.19. The summed E-state index contributed by atoms with van der Waals surface area (Å²) < 4.78 is 28.7. The molecular weight excluding hydrogens is 347 g/mol. The van der Waals surface area contributed by atoms with E-state index in [1.807, 2.05) is 0 Å². The van der Waals surface area contributed by atoms with Gasteiger partial charge in [0.25, 0.3) is 10.1 Å². The quantitative estimate of drug-likeness (QED) is 0.191. The largest absolute Gasteiger partial charge is 1.00 e. The van der Waals surface area contributed by atoms with Crippen molar-refractivity contribution in [3.8, 4) is 0 Å². The van der Waals surface area contributed by atoms with Crippen LogP contribution in [0.25, 0.3) is 0 Å². The molecule has 0 rings (SSSR count). The molecule has 3 N–H and O–H groups in total. The first-order chi connectivity index (χ1) is 10.7. The Morgan fingerprint density at radius 2 is 1.38 bits per heavy atom. The molecule has 138 valence electrons. The van der Waals surface area contributed by atoms with Crippen LogP contribution in [0.15, 0.2) is 0 Å². The maximum absolute atomic E-state index is 10.2. The molecule has 0 aliphatic rings. The summed E-state index contributed by atoms with van der Waals surface area (Å²) in [6, 6.07) is 0. The van der Waals surface area contributed by atoms with Crippen LogP contribution in [0.4, 0.5) is 0 Å². The summed E-state index contributed by atoms with van der Waals surface area (Å²) in [5.41, 5.74) is 0. The second-order valence-electron chi connectivity index (χ2n) is 5.27. The fourth-order valence-corrected chi connectivity index (χ4v) is 2.40. The van der Waals surface area contributed by atoms with Crippen LogP contribution >= 0.6 is 0 Å². The molecule has 0 aromatic heterocycles. The van der Waals surface area contributed by atoms with E-state index in [-0.39, 0.29) is 29.6 Å². The Morgan fingerprint density at radius 1 is 0.958 bits per heavy atom. The molecular formula is C15H29NaO7S. The second-order valence-corrected chi connectivity index (χ2v) is 6.87. The number of hydrogen-bond acceptors (Lipinski definition) is 4. The number of unbranched alkanes of at least 4 members (excludes halogenated alkanes) is 8. The minimum Gasteiger partial charge on any atom is -0.481 e. The Balaban J connectivity index is -0.000000354. The first-order valence-electron chi connectivity index (χ1n) is 7.86. The van der Waals surface area contributed by atoms with Gasteiger partial charge >= 0.3 is 41.5 Å². The summed E-state index contributed by atoms with van der Waals surface area (Å²) in [5, 5.41) is 13.9. The maximum atomic E-state index is 10.2. The van der Waals surface area contributed by atoms with Crippen LogP contribution in [0, 0.1) is 6.92 Å². The van der Waals surface area contributed by atoms with Gasteiger partial charge in [-0.05, 0) is 0 Å². The fourth-order valence-electron chi connectivity index (χ4n) is 1.79. The fraction of sp³-hybridized carbons (Fsp3) is 0.800. The van der Waals surface area contributed by atoms with Gasteiger partial charge in [-0.2, -0.15) is 14.8 Å². The first-order valence-corrected chi connectivity index (χ1v) is 9.37. The Labute approximate surface area is 167 Å². The van der Waals surface area contributed by atoms with Crippen molar-refractivity contribution in [3.05, 3.63) is 6.92 Å². The number of carboxylic acid groups (broad SMARTS) is 2. The van der Waals surface area contributed by atoms with Gasteiger partial charge in [-0.15, -0.1) is 0 Å². The normalized spacial score (nSPS) is 11.6. The third-order valence-electron chi connectivity index (χ3n) is 3.10. The zero-order chi connectivity index (χ0) is 18.3. The average Bonchev–Trinajstić information content (AvgIpc) is 2.43. The van der Waals surface area contributed by atoms with Crippen LogP contribution in [0.2, 0.25) is 0 Å². The van der Waals surface area contributed by atoms with E-state index in [1.165, 1.54) is 51.4 Å². The molecule has 0 fully saturated rings. The Hall–Kier alpha value is -0.150. The van der Waals surface area contributed by atoms with Crippen molar-refractivity contribution in [3.63, 3.8) is 0 Å². The van der Waals surface area contributed by atoms with Crippen molar-refractivity contribution in [2.24, 2.45) is 0 Å². The van der Waals surface area contributed by atoms with Crippen LogP contribution < -0.4 is 29.6 Å². The maximum Gasteiger partial charge on any atom is 1.00 e. The van der Waals surface area contributed by atoms with Gasteiger partial charge in [0.15, 0.2) is 5.25 Å². The number of aliphatic carboxylic acids is 2. The van der Waals surface area contributed by atoms with E-state index in [1.54, 1.807) is 0 Å². The van der Waals surface area contributed by atoms with Gasteiger partial charge in [-0.3, -0.25) is 14.1 Å². The molecule has 0 aliphatic carbocycles. The Bertz CT molecular complexity index is 416. The smallest absolute Gasteiger partial charge is 0.481 e. The molecule has 0 amide bonds. The van der Waals surface area contributed by atoms with Crippen molar-refractivity contribution >= 4 is 22.1 Å². The van der Waals surface area contributed by atoms with E-state index >= 15 is 0 Å². The molecule has 0 aromatic carbocycles. The minimum atomic E-state index is -4.84. The molecule has 0 aromatic rings. The van der Waals surface area contributed by atoms with Crippen molar-refractivity contribution < 1.29 is 62.3 Å². The molecule has 7 nitrogen and oxygen atoms in total. The third kappa shape index (κ3) is 19.9. The monoisotopic (exact) mass is 376 g/mol. The standard InChI is InChI=1S/C11H23.C4H6O7S.Na/c1-3-5-7-9-11-10-8-6-4-2;5-3(6)1-2(4(7)8)12(9,10)11;/h1,3-11H2,2H3;2H,1H2,(H,5,6)(H,7,8)(H,9,10,11);/q-1;;+1. The topological polar surface area (TPSA) is 129 Å². The molecule has 0 bridgehead atoms. The average molecular weight is 376 g/mol. The van der Waals surface area contributed by atoms with Crippen LogP contribution in [-0.4, -0.2) is 40.4 Å². The predicted octanol–water partition coefficient (Wildman–Crippen LogP) is 0.157. The molecule has 1 unspecified atom stereocenters. The molecule has 0 saturated heterocycles. The molecule has 24 heavy (non-hydrogen) atoms. The zero-order valence-corrected chi connectivity index (χ0v) is 17.6. The van der Waals surface area contributed by atoms with Crippen LogP contribution in [-0.2, 0) is 19.7 Å². The van der Waals surface area contributed by atoms with E-state index < -0.39 is 33.7 Å². The summed E-state index contributed by atoms with van der Waals surface area (Å²) in [6.07, 6.45) is 11.2. The van der Waals surface area contributed by atoms with Gasteiger partial charge < -0.3 is 17.1 Å². The van der Waals surface area contributed by atoms with E-state index in [4.69, 9.17) is 14.8 Å². The molecule has 0 aliphatic heterocycles. The van der Waals surface area contributed by atoms with Crippen molar-refractivity contribution in [1.29, 1.82) is 0 Å². The van der Waals surface area contributed by atoms with E-state index in [9.17, 15) is 18.0 Å². The minimum absolute atomic E-state index is 0. The molecule has 9 heteroatoms. The summed E-state index contributed by atoms with van der Waals surface area (Å²) in [5.74, 6) is -3.50. The van der Waals surface area contributed by atoms with Gasteiger partial charge in [-0.1, -0.05) is 58.3 Å². The molecule has 0 heterocycles. The van der Waals surface area contributed by atoms with E-state index in [2.05, 4.69) is 13.8 Å². The van der Waals surface area contributed by atoms with Gasteiger partial charge in [-0.25, -0.2) is 0 Å². The van der Waals surface area contributed by atoms with E-state index in [0.29, 0.717) is 0 Å². The Kier molecular flexibility index (Phi) is 21.1. The predicted molar refractivity (Wildman–Crippen MR) is 87.8 cm³/mol. The number of carboxylic acids is 2. The summed E-state index contributed by atoms with van der Waals surface area (Å²) in [6.45, 7) is 6.10. The van der Waals surface area contributed by atoms with Crippen molar-refractivity contribution in [2.75, 3.05) is 0 Å². The number of rotatable bonds is 12. The van der Waals surface area contributed by atoms with Crippen LogP contribution in [0.5, 0.6) is 0 Å². The van der Waals surface area contributed by atoms with Gasteiger partial charge in [0.1, 0.15) is 0 Å². The van der Waals surface area contributed by atoms with E-state index in [0.717, 1.165) is 6.42 Å². The van der Waals surface area contributed by atoms with Crippen LogP contribution in [0.1, 0.15) is 71.1 Å². The first kappa shape index (κ1) is 28.6. The number of carbonyl (C=O) groups is 2. The van der Waals surface area contributed by atoms with Crippen LogP contribution in [0.3, 0.4) is 0 Å². The molecule has 0 spiro atoms. The van der Waals surface area contributed by atoms with Gasteiger partial charge in [0.2, 0.25) is 0 Å². The van der Waals surface area contributed by atoms with Gasteiger partial charge in [0.05, 0.1) is 6.42 Å². The summed E-state index contributed by atoms with van der Waals surface area (Å²) in [7, 11) is -4.84. The molecule has 1 atom stereocenters. The number of hydrogen-bond donors (Lipinski definition) is 3. The SMILES string of the molecule is O=C(O)CC(C(=O)O)S(=O)(=O)O.[CH2-]CCCCCCCCCC.[Na+]. The Morgan fingerprint density at radius 3 is 1.62 bits per heavy atom. The summed E-state index contributed by atoms with van der Waals surface area (Å²) >= 11 is 0. The summed E-state index contributed by atoms with van der Waals surface area (Å²) in [4.78, 5) is 20.0. The zero-order valence-electron chi connectivity index (χ0n) is 14.7. The second kappa shape index (κ2) is 17.7. The van der Waals surface area contributed by atoms with Crippen molar-refractivity contribution in [2.45, 2.75) is 76.4 Å². The molecule has 0 saturated carbocycles. The van der Waals surface area contributed by atoms with Gasteiger partial charge in [0, 0.05) is 0 Å². The molecule has 0 radical (unpaired) electrons. The van der Waals surface area contributed by atoms with Crippen molar-refractivity contribution in [1.82, 2.24) is 0 Å².